The van der Waals surface area contributed by atoms with Gasteiger partial charge in [-0.3, -0.25) is 9.89 Å². The van der Waals surface area contributed by atoms with Gasteiger partial charge in [0, 0.05) is 30.1 Å². The molecule has 7 nitrogen and oxygen atoms in total. The molecule has 1 aromatic heterocycles. The quantitative estimate of drug-likeness (QED) is 0.702. The molecule has 2 aromatic carbocycles. The maximum atomic E-state index is 13.9. The van der Waals surface area contributed by atoms with Crippen LogP contribution < -0.4 is 5.32 Å². The monoisotopic (exact) mass is 402 g/mol. The van der Waals surface area contributed by atoms with Crippen LogP contribution >= 0.6 is 0 Å². The van der Waals surface area contributed by atoms with Gasteiger partial charge in [-0.15, -0.1) is 0 Å². The molecular formula is C19H19FN4O3S. The Morgan fingerprint density at radius 3 is 2.68 bits per heavy atom. The number of carbonyl (C=O) groups is 1. The van der Waals surface area contributed by atoms with Crippen molar-refractivity contribution in [2.75, 3.05) is 18.4 Å². The van der Waals surface area contributed by atoms with Gasteiger partial charge in [0.15, 0.2) is 0 Å². The summed E-state index contributed by atoms with van der Waals surface area (Å²) in [4.78, 5) is 12.2. The first-order valence-electron chi connectivity index (χ1n) is 8.94. The summed E-state index contributed by atoms with van der Waals surface area (Å²) in [5.74, 6) is -1.21. The number of benzene rings is 2. The summed E-state index contributed by atoms with van der Waals surface area (Å²) in [6, 6.07) is 10.8. The lowest BCUT2D eigenvalue weighted by Crippen LogP contribution is -2.41. The van der Waals surface area contributed by atoms with E-state index in [1.807, 2.05) is 12.1 Å². The highest BCUT2D eigenvalue weighted by Crippen LogP contribution is 2.26. The lowest BCUT2D eigenvalue weighted by Gasteiger charge is -2.30. The van der Waals surface area contributed by atoms with E-state index in [1.165, 1.54) is 22.5 Å². The fraction of sp³-hybridized carbons (Fsp3) is 0.263. The molecule has 0 aliphatic carbocycles. The molecule has 1 saturated heterocycles. The van der Waals surface area contributed by atoms with Gasteiger partial charge in [0.2, 0.25) is 15.9 Å². The van der Waals surface area contributed by atoms with Crippen LogP contribution in [0.25, 0.3) is 10.9 Å². The van der Waals surface area contributed by atoms with Gasteiger partial charge in [0.1, 0.15) is 10.7 Å². The van der Waals surface area contributed by atoms with Gasteiger partial charge in [0.05, 0.1) is 11.7 Å². The van der Waals surface area contributed by atoms with Crippen molar-refractivity contribution in [1.29, 1.82) is 0 Å². The molecule has 1 aliphatic heterocycles. The SMILES string of the molecule is O=C(Nc1ccc2[nH]ncc2c1)C1CCN(S(=O)(=O)c2ccccc2F)CC1. The van der Waals surface area contributed by atoms with Crippen LogP contribution in [0.1, 0.15) is 12.8 Å². The summed E-state index contributed by atoms with van der Waals surface area (Å²) in [7, 11) is -3.90. The van der Waals surface area contributed by atoms with E-state index in [0.717, 1.165) is 17.0 Å². The van der Waals surface area contributed by atoms with Crippen molar-refractivity contribution in [2.24, 2.45) is 5.92 Å². The Balaban J connectivity index is 1.40. The molecule has 1 amide bonds. The van der Waals surface area contributed by atoms with Gasteiger partial charge in [-0.05, 0) is 43.2 Å². The average molecular weight is 402 g/mol. The maximum Gasteiger partial charge on any atom is 0.245 e. The third-order valence-electron chi connectivity index (χ3n) is 4.99. The van der Waals surface area contributed by atoms with Crippen LogP contribution in [0.2, 0.25) is 0 Å². The summed E-state index contributed by atoms with van der Waals surface area (Å²) in [6.45, 7) is 0.352. The highest BCUT2D eigenvalue weighted by Gasteiger charge is 2.33. The topological polar surface area (TPSA) is 95.2 Å². The second kappa shape index (κ2) is 7.33. The maximum absolute atomic E-state index is 13.9. The zero-order chi connectivity index (χ0) is 19.7. The lowest BCUT2D eigenvalue weighted by molar-refractivity contribution is -0.120. The summed E-state index contributed by atoms with van der Waals surface area (Å²) >= 11 is 0. The summed E-state index contributed by atoms with van der Waals surface area (Å²) < 4.78 is 40.4. The molecule has 0 atom stereocenters. The molecule has 9 heteroatoms. The number of carbonyl (C=O) groups excluding carboxylic acids is 1. The van der Waals surface area contributed by atoms with Gasteiger partial charge in [-0.1, -0.05) is 12.1 Å². The van der Waals surface area contributed by atoms with E-state index < -0.39 is 15.8 Å². The minimum absolute atomic E-state index is 0.147. The Bertz CT molecular complexity index is 1120. The predicted octanol–water partition coefficient (Wildman–Crippen LogP) is 2.74. The van der Waals surface area contributed by atoms with Crippen molar-refractivity contribution >= 4 is 32.5 Å². The van der Waals surface area contributed by atoms with Crippen LogP contribution in [0.4, 0.5) is 10.1 Å². The normalized spacial score (nSPS) is 16.3. The Hall–Kier alpha value is -2.78. The number of hydrogen-bond acceptors (Lipinski definition) is 4. The number of halogens is 1. The highest BCUT2D eigenvalue weighted by atomic mass is 32.2. The first-order chi connectivity index (χ1) is 13.4. The molecule has 146 valence electrons. The fourth-order valence-electron chi connectivity index (χ4n) is 3.42. The number of nitrogens with zero attached hydrogens (tertiary/aromatic N) is 2. The number of anilines is 1. The third-order valence-corrected chi connectivity index (χ3v) is 6.92. The molecule has 1 fully saturated rings. The number of hydrogen-bond donors (Lipinski definition) is 2. The molecule has 1 aliphatic rings. The molecule has 0 saturated carbocycles. The molecule has 0 unspecified atom stereocenters. The Morgan fingerprint density at radius 1 is 1.18 bits per heavy atom. The molecular weight excluding hydrogens is 383 g/mol. The number of aromatic nitrogens is 2. The number of fused-ring (bicyclic) bond motifs is 1. The zero-order valence-electron chi connectivity index (χ0n) is 14.9. The van der Waals surface area contributed by atoms with Crippen LogP contribution in [-0.2, 0) is 14.8 Å². The summed E-state index contributed by atoms with van der Waals surface area (Å²) in [5, 5.41) is 10.6. The molecule has 2 heterocycles. The number of rotatable bonds is 4. The van der Waals surface area contributed by atoms with Crippen LogP contribution in [0.5, 0.6) is 0 Å². The molecule has 0 bridgehead atoms. The number of H-pyrrole nitrogens is 1. The Morgan fingerprint density at radius 2 is 1.93 bits per heavy atom. The van der Waals surface area contributed by atoms with Crippen LogP contribution in [0, 0.1) is 11.7 Å². The Kier molecular flexibility index (Phi) is 4.86. The lowest BCUT2D eigenvalue weighted by atomic mass is 9.97. The van der Waals surface area contributed by atoms with Crippen LogP contribution in [-0.4, -0.2) is 41.9 Å². The summed E-state index contributed by atoms with van der Waals surface area (Å²) in [5.41, 5.74) is 1.55. The smallest absolute Gasteiger partial charge is 0.245 e. The van der Waals surface area contributed by atoms with Crippen molar-refractivity contribution in [1.82, 2.24) is 14.5 Å². The number of nitrogens with one attached hydrogen (secondary N) is 2. The zero-order valence-corrected chi connectivity index (χ0v) is 15.7. The largest absolute Gasteiger partial charge is 0.326 e. The number of aromatic amines is 1. The standard InChI is InChI=1S/C19H19FN4O3S/c20-16-3-1-2-4-18(16)28(26,27)24-9-7-13(8-10-24)19(25)22-15-5-6-17-14(11-15)12-21-23-17/h1-6,11-13H,7-10H2,(H,21,23)(H,22,25). The van der Waals surface area contributed by atoms with E-state index in [4.69, 9.17) is 0 Å². The minimum atomic E-state index is -3.90. The number of sulfonamides is 1. The van der Waals surface area contributed by atoms with Gasteiger partial charge in [0.25, 0.3) is 0 Å². The minimum Gasteiger partial charge on any atom is -0.326 e. The molecule has 0 spiro atoms. The average Bonchev–Trinajstić information content (AvgIpc) is 3.16. The van der Waals surface area contributed by atoms with Crippen molar-refractivity contribution in [3.63, 3.8) is 0 Å². The van der Waals surface area contributed by atoms with Crippen molar-refractivity contribution in [3.05, 3.63) is 54.5 Å². The van der Waals surface area contributed by atoms with Crippen molar-refractivity contribution < 1.29 is 17.6 Å². The van der Waals surface area contributed by atoms with E-state index in [1.54, 1.807) is 12.3 Å². The molecule has 3 aromatic rings. The molecule has 2 N–H and O–H groups in total. The van der Waals surface area contributed by atoms with Crippen LogP contribution in [0.15, 0.2) is 53.6 Å². The van der Waals surface area contributed by atoms with E-state index in [-0.39, 0.29) is 29.8 Å². The predicted molar refractivity (Wildman–Crippen MR) is 103 cm³/mol. The number of amides is 1. The number of piperidine rings is 1. The second-order valence-electron chi connectivity index (χ2n) is 6.77. The van der Waals surface area contributed by atoms with E-state index >= 15 is 0 Å². The van der Waals surface area contributed by atoms with E-state index in [0.29, 0.717) is 18.5 Å². The van der Waals surface area contributed by atoms with E-state index in [2.05, 4.69) is 15.5 Å². The molecule has 0 radical (unpaired) electrons. The van der Waals surface area contributed by atoms with Crippen molar-refractivity contribution in [3.8, 4) is 0 Å². The summed E-state index contributed by atoms with van der Waals surface area (Å²) in [6.07, 6.45) is 2.44. The third kappa shape index (κ3) is 3.50. The first-order valence-corrected chi connectivity index (χ1v) is 10.4. The van der Waals surface area contributed by atoms with Crippen molar-refractivity contribution in [2.45, 2.75) is 17.7 Å². The van der Waals surface area contributed by atoms with Gasteiger partial charge in [-0.25, -0.2) is 12.8 Å². The van der Waals surface area contributed by atoms with Gasteiger partial charge < -0.3 is 5.32 Å². The highest BCUT2D eigenvalue weighted by molar-refractivity contribution is 7.89. The van der Waals surface area contributed by atoms with Gasteiger partial charge in [-0.2, -0.15) is 9.40 Å². The Labute approximate surface area is 161 Å². The van der Waals surface area contributed by atoms with Gasteiger partial charge >= 0.3 is 0 Å². The first kappa shape index (κ1) is 18.6. The molecule has 4 rings (SSSR count). The fourth-order valence-corrected chi connectivity index (χ4v) is 4.95. The second-order valence-corrected chi connectivity index (χ2v) is 8.68. The molecule has 28 heavy (non-hydrogen) atoms. The van der Waals surface area contributed by atoms with Crippen LogP contribution in [0.3, 0.4) is 0 Å². The van der Waals surface area contributed by atoms with E-state index in [9.17, 15) is 17.6 Å².